The summed E-state index contributed by atoms with van der Waals surface area (Å²) in [5.74, 6) is 1.12. The fourth-order valence-corrected chi connectivity index (χ4v) is 1.88. The van der Waals surface area contributed by atoms with E-state index in [0.717, 1.165) is 31.0 Å². The molecule has 88 valence electrons. The second-order valence-electron chi connectivity index (χ2n) is 4.00. The summed E-state index contributed by atoms with van der Waals surface area (Å²) in [5, 5.41) is 0. The molecule has 1 aromatic heterocycles. The zero-order valence-corrected chi connectivity index (χ0v) is 9.39. The second kappa shape index (κ2) is 4.63. The molecule has 2 rings (SSSR count). The molecule has 0 spiro atoms. The molecule has 0 bridgehead atoms. The number of ether oxygens (including phenoxy) is 1. The maximum absolute atomic E-state index is 5.86. The Morgan fingerprint density at radius 1 is 1.56 bits per heavy atom. The highest BCUT2D eigenvalue weighted by molar-refractivity contribution is 5.44. The van der Waals surface area contributed by atoms with Gasteiger partial charge in [0.2, 0.25) is 5.95 Å². The van der Waals surface area contributed by atoms with Gasteiger partial charge in [-0.3, -0.25) is 0 Å². The Morgan fingerprint density at radius 3 is 3.00 bits per heavy atom. The fraction of sp³-hybridized carbons (Fsp3) is 0.600. The molecule has 1 saturated heterocycles. The lowest BCUT2D eigenvalue weighted by Crippen LogP contribution is -2.27. The SMILES string of the molecule is COCc1cc(N2CC[C@H](N)C2)nc(N)n1. The van der Waals surface area contributed by atoms with Gasteiger partial charge in [-0.1, -0.05) is 0 Å². The normalized spacial score (nSPS) is 20.4. The first-order valence-electron chi connectivity index (χ1n) is 5.32. The molecule has 1 aliphatic heterocycles. The summed E-state index contributed by atoms with van der Waals surface area (Å²) < 4.78 is 5.03. The average Bonchev–Trinajstić information content (AvgIpc) is 2.64. The van der Waals surface area contributed by atoms with Crippen molar-refractivity contribution in [2.75, 3.05) is 30.8 Å². The smallest absolute Gasteiger partial charge is 0.222 e. The van der Waals surface area contributed by atoms with E-state index in [2.05, 4.69) is 14.9 Å². The Hall–Kier alpha value is -1.40. The number of aromatic nitrogens is 2. The predicted octanol–water partition coefficient (Wildman–Crippen LogP) is -0.257. The third-order valence-corrected chi connectivity index (χ3v) is 2.62. The summed E-state index contributed by atoms with van der Waals surface area (Å²) in [6, 6.07) is 2.12. The molecule has 16 heavy (non-hydrogen) atoms. The van der Waals surface area contributed by atoms with Gasteiger partial charge in [0, 0.05) is 32.3 Å². The number of hydrogen-bond donors (Lipinski definition) is 2. The van der Waals surface area contributed by atoms with Crippen molar-refractivity contribution in [1.29, 1.82) is 0 Å². The molecular formula is C10H17N5O. The van der Waals surface area contributed by atoms with E-state index in [1.54, 1.807) is 7.11 Å². The highest BCUT2D eigenvalue weighted by atomic mass is 16.5. The van der Waals surface area contributed by atoms with E-state index >= 15 is 0 Å². The molecule has 1 fully saturated rings. The zero-order valence-electron chi connectivity index (χ0n) is 9.39. The number of nitrogens with two attached hydrogens (primary N) is 2. The minimum absolute atomic E-state index is 0.224. The van der Waals surface area contributed by atoms with Crippen LogP contribution >= 0.6 is 0 Å². The molecule has 0 aromatic carbocycles. The Labute approximate surface area is 94.6 Å². The van der Waals surface area contributed by atoms with Gasteiger partial charge >= 0.3 is 0 Å². The molecule has 1 aromatic rings. The van der Waals surface area contributed by atoms with Crippen molar-refractivity contribution in [2.45, 2.75) is 19.1 Å². The van der Waals surface area contributed by atoms with Crippen LogP contribution < -0.4 is 16.4 Å². The third-order valence-electron chi connectivity index (χ3n) is 2.62. The van der Waals surface area contributed by atoms with Crippen LogP contribution in [0.3, 0.4) is 0 Å². The van der Waals surface area contributed by atoms with E-state index in [0.29, 0.717) is 6.61 Å². The van der Waals surface area contributed by atoms with E-state index < -0.39 is 0 Å². The van der Waals surface area contributed by atoms with Crippen molar-refractivity contribution in [3.05, 3.63) is 11.8 Å². The topological polar surface area (TPSA) is 90.3 Å². The zero-order chi connectivity index (χ0) is 11.5. The lowest BCUT2D eigenvalue weighted by atomic mass is 10.3. The lowest BCUT2D eigenvalue weighted by Gasteiger charge is -2.17. The fourth-order valence-electron chi connectivity index (χ4n) is 1.88. The average molecular weight is 223 g/mol. The van der Waals surface area contributed by atoms with E-state index in [1.807, 2.05) is 6.07 Å². The second-order valence-corrected chi connectivity index (χ2v) is 4.00. The number of nitrogens with zero attached hydrogens (tertiary/aromatic N) is 3. The first-order valence-corrected chi connectivity index (χ1v) is 5.32. The van der Waals surface area contributed by atoms with E-state index in [9.17, 15) is 0 Å². The number of anilines is 2. The van der Waals surface area contributed by atoms with Gasteiger partial charge in [0.05, 0.1) is 12.3 Å². The minimum atomic E-state index is 0.224. The Balaban J connectivity index is 2.20. The molecule has 0 amide bonds. The summed E-state index contributed by atoms with van der Waals surface area (Å²) in [6.45, 7) is 2.19. The number of rotatable bonds is 3. The third kappa shape index (κ3) is 2.40. The lowest BCUT2D eigenvalue weighted by molar-refractivity contribution is 0.181. The van der Waals surface area contributed by atoms with Crippen molar-refractivity contribution in [2.24, 2.45) is 5.73 Å². The molecule has 6 heteroatoms. The van der Waals surface area contributed by atoms with Crippen LogP contribution in [0.4, 0.5) is 11.8 Å². The Morgan fingerprint density at radius 2 is 2.38 bits per heavy atom. The summed E-state index contributed by atoms with van der Waals surface area (Å²) >= 11 is 0. The summed E-state index contributed by atoms with van der Waals surface area (Å²) in [5.41, 5.74) is 12.3. The summed E-state index contributed by atoms with van der Waals surface area (Å²) in [6.07, 6.45) is 0.990. The molecule has 1 atom stereocenters. The van der Waals surface area contributed by atoms with Crippen LogP contribution in [-0.2, 0) is 11.3 Å². The van der Waals surface area contributed by atoms with Gasteiger partial charge in [-0.25, -0.2) is 4.98 Å². The van der Waals surface area contributed by atoms with Gasteiger partial charge in [-0.05, 0) is 6.42 Å². The summed E-state index contributed by atoms with van der Waals surface area (Å²) in [7, 11) is 1.63. The molecule has 0 unspecified atom stereocenters. The van der Waals surface area contributed by atoms with Crippen molar-refractivity contribution >= 4 is 11.8 Å². The molecule has 4 N–H and O–H groups in total. The maximum Gasteiger partial charge on any atom is 0.222 e. The van der Waals surface area contributed by atoms with Crippen LogP contribution in [0.15, 0.2) is 6.07 Å². The molecule has 0 aliphatic carbocycles. The van der Waals surface area contributed by atoms with Gasteiger partial charge in [-0.2, -0.15) is 4.98 Å². The Bertz CT molecular complexity index is 370. The van der Waals surface area contributed by atoms with Crippen molar-refractivity contribution in [3.8, 4) is 0 Å². The number of hydrogen-bond acceptors (Lipinski definition) is 6. The van der Waals surface area contributed by atoms with E-state index in [4.69, 9.17) is 16.2 Å². The monoisotopic (exact) mass is 223 g/mol. The molecule has 0 saturated carbocycles. The van der Waals surface area contributed by atoms with Crippen LogP contribution in [0.1, 0.15) is 12.1 Å². The van der Waals surface area contributed by atoms with Gasteiger partial charge < -0.3 is 21.1 Å². The quantitative estimate of drug-likeness (QED) is 0.734. The van der Waals surface area contributed by atoms with Crippen LogP contribution in [0.25, 0.3) is 0 Å². The van der Waals surface area contributed by atoms with Gasteiger partial charge in [0.15, 0.2) is 0 Å². The standard InChI is InChI=1S/C10H17N5O/c1-16-6-8-4-9(14-10(12)13-8)15-3-2-7(11)5-15/h4,7H,2-3,5-6,11H2,1H3,(H2,12,13,14)/t7-/m0/s1. The van der Waals surface area contributed by atoms with E-state index in [-0.39, 0.29) is 12.0 Å². The molecule has 2 heterocycles. The first kappa shape index (κ1) is 11.1. The molecule has 1 aliphatic rings. The van der Waals surface area contributed by atoms with Crippen molar-refractivity contribution < 1.29 is 4.74 Å². The van der Waals surface area contributed by atoms with Gasteiger partial charge in [-0.15, -0.1) is 0 Å². The highest BCUT2D eigenvalue weighted by Crippen LogP contribution is 2.19. The van der Waals surface area contributed by atoms with Crippen molar-refractivity contribution in [1.82, 2.24) is 9.97 Å². The predicted molar refractivity (Wildman–Crippen MR) is 62.0 cm³/mol. The van der Waals surface area contributed by atoms with Gasteiger partial charge in [0.1, 0.15) is 5.82 Å². The van der Waals surface area contributed by atoms with Crippen LogP contribution in [-0.4, -0.2) is 36.2 Å². The molecular weight excluding hydrogens is 206 g/mol. The molecule has 0 radical (unpaired) electrons. The van der Waals surface area contributed by atoms with Crippen molar-refractivity contribution in [3.63, 3.8) is 0 Å². The van der Waals surface area contributed by atoms with E-state index in [1.165, 1.54) is 0 Å². The minimum Gasteiger partial charge on any atom is -0.378 e. The Kier molecular flexibility index (Phi) is 3.21. The van der Waals surface area contributed by atoms with Gasteiger partial charge in [0.25, 0.3) is 0 Å². The van der Waals surface area contributed by atoms with Crippen LogP contribution in [0, 0.1) is 0 Å². The maximum atomic E-state index is 5.86. The largest absolute Gasteiger partial charge is 0.378 e. The summed E-state index contributed by atoms with van der Waals surface area (Å²) in [4.78, 5) is 10.4. The number of methoxy groups -OCH3 is 1. The highest BCUT2D eigenvalue weighted by Gasteiger charge is 2.21. The molecule has 6 nitrogen and oxygen atoms in total. The van der Waals surface area contributed by atoms with Crippen LogP contribution in [0.5, 0.6) is 0 Å². The first-order chi connectivity index (χ1) is 7.69. The van der Waals surface area contributed by atoms with Crippen LogP contribution in [0.2, 0.25) is 0 Å². The number of nitrogen functional groups attached to an aromatic ring is 1.